The number of aromatic nitrogens is 1. The summed E-state index contributed by atoms with van der Waals surface area (Å²) < 4.78 is 18.7. The molecule has 4 rings (SSSR count). The average Bonchev–Trinajstić information content (AvgIpc) is 3.16. The number of pyridine rings is 1. The highest BCUT2D eigenvalue weighted by atomic mass is 19.1. The largest absolute Gasteiger partial charge is 0.390 e. The lowest BCUT2D eigenvalue weighted by Crippen LogP contribution is -2.40. The van der Waals surface area contributed by atoms with Crippen molar-refractivity contribution >= 4 is 11.6 Å². The molecule has 1 N–H and O–H groups in total. The second-order valence-electron chi connectivity index (χ2n) is 8.75. The van der Waals surface area contributed by atoms with Crippen LogP contribution in [0.15, 0.2) is 41.5 Å². The number of ketones is 1. The fourth-order valence-corrected chi connectivity index (χ4v) is 4.24. The zero-order valence-corrected chi connectivity index (χ0v) is 18.0. The molecule has 0 saturated carbocycles. The zero-order valence-electron chi connectivity index (χ0n) is 18.0. The molecule has 1 aromatic carbocycles. The van der Waals surface area contributed by atoms with Crippen molar-refractivity contribution in [1.29, 1.82) is 0 Å². The summed E-state index contributed by atoms with van der Waals surface area (Å²) in [6.07, 6.45) is 2.16. The van der Waals surface area contributed by atoms with Crippen LogP contribution in [0, 0.1) is 5.82 Å². The Morgan fingerprint density at radius 3 is 2.65 bits per heavy atom. The zero-order chi connectivity index (χ0) is 22.0. The van der Waals surface area contributed by atoms with Gasteiger partial charge in [-0.05, 0) is 43.2 Å². The number of aliphatic hydroxyl groups is 1. The summed E-state index contributed by atoms with van der Waals surface area (Å²) in [6, 6.07) is 7.92. The second kappa shape index (κ2) is 8.85. The van der Waals surface area contributed by atoms with Gasteiger partial charge in [-0.25, -0.2) is 4.39 Å². The Kier molecular flexibility index (Phi) is 6.16. The number of hydrogen-bond donors (Lipinski definition) is 1. The van der Waals surface area contributed by atoms with Gasteiger partial charge in [-0.15, -0.1) is 0 Å². The molecule has 1 saturated heterocycles. The van der Waals surface area contributed by atoms with Crippen LogP contribution >= 0.6 is 0 Å². The molecule has 6 nitrogen and oxygen atoms in total. The van der Waals surface area contributed by atoms with Gasteiger partial charge in [-0.1, -0.05) is 12.1 Å². The summed E-state index contributed by atoms with van der Waals surface area (Å²) in [5, 5.41) is 10.6. The summed E-state index contributed by atoms with van der Waals surface area (Å²) in [5.41, 5.74) is 2.44. The molecule has 2 aliphatic rings. The van der Waals surface area contributed by atoms with E-state index >= 15 is 0 Å². The molecule has 0 aliphatic carbocycles. The monoisotopic (exact) mass is 425 g/mol. The van der Waals surface area contributed by atoms with Crippen molar-refractivity contribution in [3.05, 3.63) is 64.7 Å². The van der Waals surface area contributed by atoms with E-state index in [1.165, 1.54) is 12.1 Å². The molecule has 3 heterocycles. The van der Waals surface area contributed by atoms with E-state index < -0.39 is 11.5 Å². The van der Waals surface area contributed by atoms with Crippen LogP contribution in [0.3, 0.4) is 0 Å². The lowest BCUT2D eigenvalue weighted by atomic mass is 9.80. The average molecular weight is 426 g/mol. The van der Waals surface area contributed by atoms with Gasteiger partial charge in [0.05, 0.1) is 25.4 Å². The summed E-state index contributed by atoms with van der Waals surface area (Å²) in [4.78, 5) is 24.3. The molecule has 0 bridgehead atoms. The third-order valence-corrected chi connectivity index (χ3v) is 5.93. The van der Waals surface area contributed by atoms with Crippen LogP contribution in [0.2, 0.25) is 0 Å². The fourth-order valence-electron chi connectivity index (χ4n) is 4.24. The molecule has 1 atom stereocenters. The number of hydrogen-bond acceptors (Lipinski definition) is 6. The highest BCUT2D eigenvalue weighted by Crippen LogP contribution is 2.32. The Morgan fingerprint density at radius 1 is 1.26 bits per heavy atom. The van der Waals surface area contributed by atoms with Gasteiger partial charge in [0.15, 0.2) is 0 Å². The van der Waals surface area contributed by atoms with Crippen LogP contribution in [-0.4, -0.2) is 58.5 Å². The predicted molar refractivity (Wildman–Crippen MR) is 116 cm³/mol. The summed E-state index contributed by atoms with van der Waals surface area (Å²) >= 11 is 0. The minimum atomic E-state index is -1.11. The maximum absolute atomic E-state index is 13.3. The number of halogens is 1. The topological polar surface area (TPSA) is 75.0 Å². The molecule has 1 fully saturated rings. The van der Waals surface area contributed by atoms with Gasteiger partial charge in [-0.2, -0.15) is 0 Å². The number of fused-ring (bicyclic) bond motifs is 1. The maximum atomic E-state index is 13.3. The fraction of sp³-hybridized carbons (Fsp3) is 0.458. The van der Waals surface area contributed by atoms with Gasteiger partial charge in [0.1, 0.15) is 17.4 Å². The molecule has 0 unspecified atom stereocenters. The molecule has 2 aromatic rings. The van der Waals surface area contributed by atoms with Crippen molar-refractivity contribution in [2.75, 3.05) is 26.3 Å². The van der Waals surface area contributed by atoms with Crippen molar-refractivity contribution in [2.24, 2.45) is 4.99 Å². The van der Waals surface area contributed by atoms with E-state index in [9.17, 15) is 14.3 Å². The van der Waals surface area contributed by atoms with Gasteiger partial charge in [0, 0.05) is 49.3 Å². The summed E-state index contributed by atoms with van der Waals surface area (Å²) in [5.74, 6) is 0.176. The first kappa shape index (κ1) is 21.6. The number of morpholine rings is 1. The quantitative estimate of drug-likeness (QED) is 0.770. The molecule has 7 heteroatoms. The third-order valence-electron chi connectivity index (χ3n) is 5.93. The van der Waals surface area contributed by atoms with Crippen LogP contribution in [0.5, 0.6) is 0 Å². The number of nitrogens with zero attached hydrogens (tertiary/aromatic N) is 3. The predicted octanol–water partition coefficient (Wildman–Crippen LogP) is 2.87. The lowest BCUT2D eigenvalue weighted by molar-refractivity contribution is -0.120. The van der Waals surface area contributed by atoms with E-state index in [1.54, 1.807) is 26.0 Å². The molecular formula is C24H28FN3O3. The molecule has 1 aromatic heterocycles. The number of Topliss-reactive ketones (excluding diaryl/α,β-unsaturated/α-hetero) is 1. The smallest absolute Gasteiger partial charge is 0.139 e. The van der Waals surface area contributed by atoms with E-state index in [2.05, 4.69) is 14.9 Å². The van der Waals surface area contributed by atoms with Crippen LogP contribution in [0.25, 0.3) is 0 Å². The Hall–Kier alpha value is -2.64. The summed E-state index contributed by atoms with van der Waals surface area (Å²) in [7, 11) is 0. The number of aliphatic imine (C=N–C) groups is 1. The number of carbonyl (C=O) groups excluding carboxylic acids is 1. The Balaban J connectivity index is 1.44. The normalized spacial score (nSPS) is 17.3. The molecule has 0 spiro atoms. The molecule has 0 radical (unpaired) electrons. The molecule has 31 heavy (non-hydrogen) atoms. The van der Waals surface area contributed by atoms with E-state index in [4.69, 9.17) is 4.74 Å². The Bertz CT molecular complexity index is 977. The van der Waals surface area contributed by atoms with Gasteiger partial charge in [0.2, 0.25) is 0 Å². The minimum absolute atomic E-state index is 0.0174. The highest BCUT2D eigenvalue weighted by molar-refractivity contribution is 6.01. The van der Waals surface area contributed by atoms with Crippen molar-refractivity contribution in [3.8, 4) is 0 Å². The first-order valence-electron chi connectivity index (χ1n) is 10.7. The van der Waals surface area contributed by atoms with E-state index in [1.807, 2.05) is 12.3 Å². The molecular weight excluding hydrogens is 397 g/mol. The first-order chi connectivity index (χ1) is 14.8. The van der Waals surface area contributed by atoms with Crippen LogP contribution in [0.1, 0.15) is 48.6 Å². The second-order valence-corrected chi connectivity index (χ2v) is 8.75. The Labute approximate surface area is 181 Å². The van der Waals surface area contributed by atoms with Crippen LogP contribution in [0.4, 0.5) is 4.39 Å². The standard InChI is InChI=1S/C24H28FN3O3/c1-24(2,30)22(16-3-5-18(25)6-4-16)13-20(29)12-19-11-17-14-27-23(21(17)15-26-19)28-7-9-31-10-8-28/h3-6,11,15,22,30H,7-10,12-14H2,1-2H3/t22-/m0/s1. The van der Waals surface area contributed by atoms with Crippen LogP contribution in [-0.2, 0) is 22.5 Å². The lowest BCUT2D eigenvalue weighted by Gasteiger charge is -2.29. The van der Waals surface area contributed by atoms with E-state index in [0.29, 0.717) is 25.5 Å². The van der Waals surface area contributed by atoms with E-state index in [-0.39, 0.29) is 24.4 Å². The number of benzene rings is 1. The minimum Gasteiger partial charge on any atom is -0.390 e. The van der Waals surface area contributed by atoms with Crippen LogP contribution < -0.4 is 0 Å². The molecule has 0 amide bonds. The van der Waals surface area contributed by atoms with Crippen molar-refractivity contribution in [3.63, 3.8) is 0 Å². The van der Waals surface area contributed by atoms with Crippen molar-refractivity contribution in [2.45, 2.75) is 44.8 Å². The SMILES string of the molecule is CC(C)(O)[C@@H](CC(=O)Cc1cc2c(cn1)C(N1CCOCC1)=NC2)c1ccc(F)cc1. The summed E-state index contributed by atoms with van der Waals surface area (Å²) in [6.45, 7) is 6.97. The van der Waals surface area contributed by atoms with Gasteiger partial charge in [-0.3, -0.25) is 14.8 Å². The molecule has 164 valence electrons. The van der Waals surface area contributed by atoms with Gasteiger partial charge >= 0.3 is 0 Å². The number of carbonyl (C=O) groups is 1. The first-order valence-corrected chi connectivity index (χ1v) is 10.7. The number of rotatable bonds is 6. The van der Waals surface area contributed by atoms with Gasteiger partial charge < -0.3 is 14.7 Å². The third kappa shape index (κ3) is 4.99. The number of amidine groups is 1. The van der Waals surface area contributed by atoms with E-state index in [0.717, 1.165) is 35.6 Å². The maximum Gasteiger partial charge on any atom is 0.139 e. The highest BCUT2D eigenvalue weighted by Gasteiger charge is 2.31. The number of ether oxygens (including phenoxy) is 1. The molecule has 2 aliphatic heterocycles. The van der Waals surface area contributed by atoms with Gasteiger partial charge in [0.25, 0.3) is 0 Å². The van der Waals surface area contributed by atoms with Crippen molar-refractivity contribution < 1.29 is 19.0 Å². The van der Waals surface area contributed by atoms with Crippen molar-refractivity contribution in [1.82, 2.24) is 9.88 Å². The Morgan fingerprint density at radius 2 is 1.97 bits per heavy atom.